The van der Waals surface area contributed by atoms with Crippen LogP contribution in [0.1, 0.15) is 0 Å². The molecule has 0 bridgehead atoms. The summed E-state index contributed by atoms with van der Waals surface area (Å²) in [5.74, 6) is -0.345. The van der Waals surface area contributed by atoms with Gasteiger partial charge in [-0.3, -0.25) is 10.1 Å². The fraction of sp³-hybridized carbons (Fsp3) is 0.0625. The van der Waals surface area contributed by atoms with Gasteiger partial charge in [-0.15, -0.1) is 0 Å². The molecule has 2 aromatic carbocycles. The van der Waals surface area contributed by atoms with E-state index < -0.39 is 11.9 Å². The first-order valence-electron chi connectivity index (χ1n) is 7.04. The molecule has 0 unspecified atom stereocenters. The van der Waals surface area contributed by atoms with E-state index in [0.717, 1.165) is 11.0 Å². The molecular weight excluding hydrogens is 348 g/mol. The lowest BCUT2D eigenvalue weighted by atomic mass is 10.3. The monoisotopic (exact) mass is 360 g/mol. The number of hydrogen-bond donors (Lipinski definition) is 3. The Morgan fingerprint density at radius 2 is 1.96 bits per heavy atom. The van der Waals surface area contributed by atoms with E-state index in [9.17, 15) is 9.59 Å². The number of H-pyrrole nitrogens is 1. The van der Waals surface area contributed by atoms with Gasteiger partial charge in [0, 0.05) is 10.7 Å². The average Bonchev–Trinajstić information content (AvgIpc) is 2.95. The summed E-state index contributed by atoms with van der Waals surface area (Å²) in [5, 5.41) is 6.05. The number of anilines is 1. The second-order valence-electron chi connectivity index (χ2n) is 4.86. The molecule has 122 valence electrons. The number of imidazole rings is 1. The molecule has 24 heavy (non-hydrogen) atoms. The van der Waals surface area contributed by atoms with E-state index in [1.165, 1.54) is 11.8 Å². The Labute approximate surface area is 147 Å². The van der Waals surface area contributed by atoms with Crippen LogP contribution in [0.4, 0.5) is 10.5 Å². The number of urea groups is 1. The van der Waals surface area contributed by atoms with Crippen molar-refractivity contribution >= 4 is 52.0 Å². The van der Waals surface area contributed by atoms with Gasteiger partial charge in [-0.2, -0.15) is 0 Å². The van der Waals surface area contributed by atoms with Crippen molar-refractivity contribution in [2.45, 2.75) is 5.16 Å². The second-order valence-corrected chi connectivity index (χ2v) is 6.26. The fourth-order valence-electron chi connectivity index (χ4n) is 2.01. The number of hydrogen-bond acceptors (Lipinski definition) is 4. The molecule has 8 heteroatoms. The van der Waals surface area contributed by atoms with Crippen LogP contribution in [0.25, 0.3) is 11.0 Å². The first kappa shape index (κ1) is 16.4. The Morgan fingerprint density at radius 3 is 2.75 bits per heavy atom. The Bertz CT molecular complexity index is 882. The minimum absolute atomic E-state index is 0.0652. The lowest BCUT2D eigenvalue weighted by molar-refractivity contribution is -0.117. The van der Waals surface area contributed by atoms with Crippen molar-refractivity contribution in [3.63, 3.8) is 0 Å². The Kier molecular flexibility index (Phi) is 5.02. The molecule has 0 fully saturated rings. The van der Waals surface area contributed by atoms with Crippen molar-refractivity contribution in [3.8, 4) is 0 Å². The quantitative estimate of drug-likeness (QED) is 0.620. The fourth-order valence-corrected chi connectivity index (χ4v) is 2.86. The van der Waals surface area contributed by atoms with Gasteiger partial charge in [0.2, 0.25) is 5.91 Å². The predicted molar refractivity (Wildman–Crippen MR) is 95.4 cm³/mol. The van der Waals surface area contributed by atoms with E-state index in [-0.39, 0.29) is 5.75 Å². The number of fused-ring (bicyclic) bond motifs is 1. The molecule has 0 radical (unpaired) electrons. The van der Waals surface area contributed by atoms with Gasteiger partial charge >= 0.3 is 6.03 Å². The number of aromatic amines is 1. The van der Waals surface area contributed by atoms with Gasteiger partial charge in [0.05, 0.1) is 16.8 Å². The number of carbonyl (C=O) groups excluding carboxylic acids is 2. The second kappa shape index (κ2) is 7.37. The van der Waals surface area contributed by atoms with Crippen LogP contribution in [0.5, 0.6) is 0 Å². The normalized spacial score (nSPS) is 10.5. The summed E-state index contributed by atoms with van der Waals surface area (Å²) in [7, 11) is 0. The highest BCUT2D eigenvalue weighted by molar-refractivity contribution is 7.99. The number of rotatable bonds is 4. The zero-order valence-corrected chi connectivity index (χ0v) is 13.9. The van der Waals surface area contributed by atoms with Crippen molar-refractivity contribution in [1.82, 2.24) is 15.3 Å². The van der Waals surface area contributed by atoms with Gasteiger partial charge in [-0.25, -0.2) is 9.78 Å². The van der Waals surface area contributed by atoms with Crippen LogP contribution in [0.15, 0.2) is 53.7 Å². The standard InChI is InChI=1S/C16H13ClN4O2S/c17-10-6-7-12-13(8-10)20-16(19-12)24-9-14(22)21-15(23)18-11-4-2-1-3-5-11/h1-8H,9H2,(H,19,20)(H2,18,21,22,23). The van der Waals surface area contributed by atoms with Gasteiger partial charge in [-0.05, 0) is 30.3 Å². The number of halogens is 1. The van der Waals surface area contributed by atoms with Crippen LogP contribution >= 0.6 is 23.4 Å². The van der Waals surface area contributed by atoms with Crippen LogP contribution in [-0.4, -0.2) is 27.7 Å². The number of carbonyl (C=O) groups is 2. The number of amides is 3. The number of para-hydroxylation sites is 1. The van der Waals surface area contributed by atoms with Gasteiger partial charge in [0.1, 0.15) is 0 Å². The molecule has 0 aliphatic rings. The van der Waals surface area contributed by atoms with Crippen molar-refractivity contribution in [1.29, 1.82) is 0 Å². The molecule has 3 aromatic rings. The minimum atomic E-state index is -0.566. The molecular formula is C16H13ClN4O2S. The summed E-state index contributed by atoms with van der Waals surface area (Å²) >= 11 is 7.12. The molecule has 0 saturated carbocycles. The van der Waals surface area contributed by atoms with Crippen molar-refractivity contribution in [2.24, 2.45) is 0 Å². The topological polar surface area (TPSA) is 86.9 Å². The van der Waals surface area contributed by atoms with E-state index in [0.29, 0.717) is 15.9 Å². The molecule has 1 heterocycles. The third kappa shape index (κ3) is 4.27. The maximum absolute atomic E-state index is 11.8. The molecule has 0 atom stereocenters. The van der Waals surface area contributed by atoms with Gasteiger partial charge < -0.3 is 10.3 Å². The van der Waals surface area contributed by atoms with Crippen LogP contribution in [0.3, 0.4) is 0 Å². The largest absolute Gasteiger partial charge is 0.333 e. The Hall–Kier alpha value is -2.51. The molecule has 0 saturated heterocycles. The molecule has 6 nitrogen and oxygen atoms in total. The highest BCUT2D eigenvalue weighted by atomic mass is 35.5. The highest BCUT2D eigenvalue weighted by Crippen LogP contribution is 2.22. The third-order valence-electron chi connectivity index (χ3n) is 3.05. The summed E-state index contributed by atoms with van der Waals surface area (Å²) in [6.45, 7) is 0. The predicted octanol–water partition coefficient (Wildman–Crippen LogP) is 3.66. The van der Waals surface area contributed by atoms with E-state index >= 15 is 0 Å². The third-order valence-corrected chi connectivity index (χ3v) is 4.16. The number of thioether (sulfide) groups is 1. The Balaban J connectivity index is 1.52. The van der Waals surface area contributed by atoms with Crippen molar-refractivity contribution in [2.75, 3.05) is 11.1 Å². The summed E-state index contributed by atoms with van der Waals surface area (Å²) < 4.78 is 0. The number of aromatic nitrogens is 2. The first-order valence-corrected chi connectivity index (χ1v) is 8.40. The van der Waals surface area contributed by atoms with E-state index in [1.54, 1.807) is 42.5 Å². The lowest BCUT2D eigenvalue weighted by Crippen LogP contribution is -2.35. The van der Waals surface area contributed by atoms with Crippen molar-refractivity contribution in [3.05, 3.63) is 53.6 Å². The summed E-state index contributed by atoms with van der Waals surface area (Å²) in [5.41, 5.74) is 2.18. The first-order chi connectivity index (χ1) is 11.6. The zero-order chi connectivity index (χ0) is 16.9. The number of nitrogens with one attached hydrogen (secondary N) is 3. The van der Waals surface area contributed by atoms with Gasteiger partial charge in [0.15, 0.2) is 5.16 Å². The Morgan fingerprint density at radius 1 is 1.17 bits per heavy atom. The van der Waals surface area contributed by atoms with Gasteiger partial charge in [-0.1, -0.05) is 41.6 Å². The van der Waals surface area contributed by atoms with Crippen LogP contribution in [0, 0.1) is 0 Å². The number of imide groups is 1. The van der Waals surface area contributed by atoms with Crippen LogP contribution in [0.2, 0.25) is 5.02 Å². The van der Waals surface area contributed by atoms with Crippen molar-refractivity contribution < 1.29 is 9.59 Å². The van der Waals surface area contributed by atoms with E-state index in [4.69, 9.17) is 11.6 Å². The minimum Gasteiger partial charge on any atom is -0.333 e. The number of benzene rings is 2. The number of nitrogens with zero attached hydrogens (tertiary/aromatic N) is 1. The highest BCUT2D eigenvalue weighted by Gasteiger charge is 2.10. The van der Waals surface area contributed by atoms with E-state index in [1.807, 2.05) is 6.07 Å². The maximum Gasteiger partial charge on any atom is 0.325 e. The molecule has 3 amide bonds. The SMILES string of the molecule is O=C(CSc1nc2ccc(Cl)cc2[nH]1)NC(=O)Nc1ccccc1. The molecule has 0 aliphatic carbocycles. The van der Waals surface area contributed by atoms with E-state index in [2.05, 4.69) is 20.6 Å². The molecule has 0 aliphatic heterocycles. The summed E-state index contributed by atoms with van der Waals surface area (Å²) in [6, 6.07) is 13.6. The van der Waals surface area contributed by atoms with Gasteiger partial charge in [0.25, 0.3) is 0 Å². The smallest absolute Gasteiger partial charge is 0.325 e. The molecule has 3 N–H and O–H groups in total. The summed E-state index contributed by atoms with van der Waals surface area (Å²) in [6.07, 6.45) is 0. The lowest BCUT2D eigenvalue weighted by Gasteiger charge is -2.05. The average molecular weight is 361 g/mol. The zero-order valence-electron chi connectivity index (χ0n) is 12.4. The maximum atomic E-state index is 11.8. The molecule has 1 aromatic heterocycles. The molecule has 3 rings (SSSR count). The summed E-state index contributed by atoms with van der Waals surface area (Å²) in [4.78, 5) is 31.0. The molecule has 0 spiro atoms. The van der Waals surface area contributed by atoms with Crippen LogP contribution in [-0.2, 0) is 4.79 Å². The van der Waals surface area contributed by atoms with Crippen LogP contribution < -0.4 is 10.6 Å².